The van der Waals surface area contributed by atoms with Gasteiger partial charge in [0.1, 0.15) is 5.82 Å². The number of H-pyrrole nitrogens is 1. The van der Waals surface area contributed by atoms with Gasteiger partial charge in [-0.3, -0.25) is 9.88 Å². The van der Waals surface area contributed by atoms with Gasteiger partial charge < -0.3 is 9.72 Å². The van der Waals surface area contributed by atoms with E-state index in [-0.39, 0.29) is 11.8 Å². The Bertz CT molecular complexity index is 1390. The maximum absolute atomic E-state index is 13.6. The molecule has 2 aromatic heterocycles. The van der Waals surface area contributed by atoms with Crippen LogP contribution in [0.2, 0.25) is 0 Å². The van der Waals surface area contributed by atoms with E-state index in [2.05, 4.69) is 33.2 Å². The van der Waals surface area contributed by atoms with Crippen LogP contribution in [0.15, 0.2) is 85.3 Å². The molecular weight excluding hydrogens is 465 g/mol. The van der Waals surface area contributed by atoms with Crippen molar-refractivity contribution in [2.45, 2.75) is 19.8 Å². The first kappa shape index (κ1) is 24.7. The highest BCUT2D eigenvalue weighted by Crippen LogP contribution is 2.39. The number of nitrogens with one attached hydrogen (secondary N) is 1. The van der Waals surface area contributed by atoms with Gasteiger partial charge in [0.15, 0.2) is 0 Å². The van der Waals surface area contributed by atoms with Crippen LogP contribution in [0, 0.1) is 5.82 Å². The number of aromatic nitrogens is 2. The van der Waals surface area contributed by atoms with Gasteiger partial charge in [-0.25, -0.2) is 9.18 Å². The van der Waals surface area contributed by atoms with Crippen molar-refractivity contribution in [2.24, 2.45) is 0 Å². The number of hydrogen-bond donors (Lipinski definition) is 1. The molecule has 1 aliphatic heterocycles. The molecule has 0 spiro atoms. The molecule has 0 radical (unpaired) electrons. The SMILES string of the molecule is CCOC(=O)c1cccc(CCN2CC=C(c3c[nH]c(-c4ccc(F)cc4)c3-c3ccncc3)CC2)c1. The number of carbonyl (C=O) groups excluding carboxylic acids is 1. The molecular formula is C31H30FN3O2. The van der Waals surface area contributed by atoms with Gasteiger partial charge in [0.25, 0.3) is 0 Å². The number of rotatable bonds is 8. The quantitative estimate of drug-likeness (QED) is 0.288. The maximum atomic E-state index is 13.6. The first-order valence-corrected chi connectivity index (χ1v) is 12.7. The number of aromatic amines is 1. The van der Waals surface area contributed by atoms with Crippen LogP contribution in [-0.4, -0.2) is 47.1 Å². The first-order chi connectivity index (χ1) is 18.1. The summed E-state index contributed by atoms with van der Waals surface area (Å²) in [6, 6.07) is 18.3. The molecule has 0 amide bonds. The van der Waals surface area contributed by atoms with Gasteiger partial charge in [-0.2, -0.15) is 0 Å². The Hall–Kier alpha value is -4.03. The summed E-state index contributed by atoms with van der Waals surface area (Å²) in [6.45, 7) is 4.93. The predicted molar refractivity (Wildman–Crippen MR) is 145 cm³/mol. The monoisotopic (exact) mass is 495 g/mol. The molecule has 0 bridgehead atoms. The van der Waals surface area contributed by atoms with Crippen molar-refractivity contribution >= 4 is 11.5 Å². The molecule has 4 aromatic rings. The maximum Gasteiger partial charge on any atom is 0.338 e. The van der Waals surface area contributed by atoms with Gasteiger partial charge in [0.05, 0.1) is 17.9 Å². The fraction of sp³-hybridized carbons (Fsp3) is 0.226. The third kappa shape index (κ3) is 5.70. The largest absolute Gasteiger partial charge is 0.462 e. The van der Waals surface area contributed by atoms with E-state index >= 15 is 0 Å². The molecule has 188 valence electrons. The Labute approximate surface area is 216 Å². The third-order valence-electron chi connectivity index (χ3n) is 6.78. The van der Waals surface area contributed by atoms with E-state index in [0.717, 1.165) is 60.4 Å². The Kier molecular flexibility index (Phi) is 7.57. The second-order valence-corrected chi connectivity index (χ2v) is 9.15. The second-order valence-electron chi connectivity index (χ2n) is 9.15. The minimum atomic E-state index is -0.272. The lowest BCUT2D eigenvalue weighted by Crippen LogP contribution is -2.30. The molecule has 5 rings (SSSR count). The average molecular weight is 496 g/mol. The molecule has 0 saturated heterocycles. The van der Waals surface area contributed by atoms with Gasteiger partial charge in [-0.05, 0) is 90.6 Å². The van der Waals surface area contributed by atoms with E-state index in [1.807, 2.05) is 43.3 Å². The summed E-state index contributed by atoms with van der Waals surface area (Å²) in [5.74, 6) is -0.518. The van der Waals surface area contributed by atoms with E-state index in [1.54, 1.807) is 18.5 Å². The van der Waals surface area contributed by atoms with E-state index in [4.69, 9.17) is 4.74 Å². The van der Waals surface area contributed by atoms with Crippen molar-refractivity contribution in [1.82, 2.24) is 14.9 Å². The molecule has 2 aromatic carbocycles. The summed E-state index contributed by atoms with van der Waals surface area (Å²) >= 11 is 0. The molecule has 0 aliphatic carbocycles. The van der Waals surface area contributed by atoms with Crippen LogP contribution in [0.25, 0.3) is 28.0 Å². The third-order valence-corrected chi connectivity index (χ3v) is 6.78. The molecule has 1 N–H and O–H groups in total. The number of halogens is 1. The molecule has 5 nitrogen and oxygen atoms in total. The summed E-state index contributed by atoms with van der Waals surface area (Å²) in [4.78, 5) is 22.1. The number of ether oxygens (including phenoxy) is 1. The molecule has 1 aliphatic rings. The fourth-order valence-corrected chi connectivity index (χ4v) is 4.85. The van der Waals surface area contributed by atoms with Crippen LogP contribution >= 0.6 is 0 Å². The number of esters is 1. The average Bonchev–Trinajstić information content (AvgIpc) is 3.38. The topological polar surface area (TPSA) is 58.2 Å². The number of pyridine rings is 1. The van der Waals surface area contributed by atoms with Crippen molar-refractivity contribution in [2.75, 3.05) is 26.2 Å². The number of nitrogens with zero attached hydrogens (tertiary/aromatic N) is 2. The van der Waals surface area contributed by atoms with Crippen molar-refractivity contribution < 1.29 is 13.9 Å². The normalized spacial score (nSPS) is 13.8. The van der Waals surface area contributed by atoms with Crippen LogP contribution in [0.4, 0.5) is 4.39 Å². The molecule has 0 saturated carbocycles. The van der Waals surface area contributed by atoms with Crippen LogP contribution in [0.1, 0.15) is 34.8 Å². The number of benzene rings is 2. The van der Waals surface area contributed by atoms with E-state index in [9.17, 15) is 9.18 Å². The van der Waals surface area contributed by atoms with Crippen molar-refractivity contribution in [3.63, 3.8) is 0 Å². The smallest absolute Gasteiger partial charge is 0.338 e. The number of hydrogen-bond acceptors (Lipinski definition) is 4. The Balaban J connectivity index is 1.33. The molecule has 0 unspecified atom stereocenters. The molecule has 0 fully saturated rings. The van der Waals surface area contributed by atoms with Crippen LogP contribution in [0.5, 0.6) is 0 Å². The zero-order valence-electron chi connectivity index (χ0n) is 20.9. The standard InChI is InChI=1S/C31H30FN3O2/c1-2-37-31(36)26-5-3-4-22(20-26)12-17-35-18-13-23(14-19-35)28-21-34-30(25-6-8-27(32)9-7-25)29(28)24-10-15-33-16-11-24/h3-11,13,15-16,20-21,34H,2,12,14,17-19H2,1H3. The van der Waals surface area contributed by atoms with E-state index in [0.29, 0.717) is 12.2 Å². The minimum Gasteiger partial charge on any atom is -0.462 e. The van der Waals surface area contributed by atoms with Gasteiger partial charge in [0, 0.05) is 49.4 Å². The van der Waals surface area contributed by atoms with Gasteiger partial charge in [-0.1, -0.05) is 18.2 Å². The lowest BCUT2D eigenvalue weighted by Gasteiger charge is -2.26. The molecule has 6 heteroatoms. The summed E-state index contributed by atoms with van der Waals surface area (Å²) in [5.41, 5.74) is 8.33. The minimum absolute atomic E-state index is 0.247. The molecule has 3 heterocycles. The van der Waals surface area contributed by atoms with Crippen LogP contribution < -0.4 is 0 Å². The Morgan fingerprint density at radius 2 is 1.89 bits per heavy atom. The van der Waals surface area contributed by atoms with Gasteiger partial charge >= 0.3 is 5.97 Å². The summed E-state index contributed by atoms with van der Waals surface area (Å²) < 4.78 is 18.7. The highest BCUT2D eigenvalue weighted by molar-refractivity contribution is 5.91. The highest BCUT2D eigenvalue weighted by atomic mass is 19.1. The number of carbonyl (C=O) groups is 1. The van der Waals surface area contributed by atoms with E-state index in [1.165, 1.54) is 23.3 Å². The second kappa shape index (κ2) is 11.4. The fourth-order valence-electron chi connectivity index (χ4n) is 4.85. The van der Waals surface area contributed by atoms with Crippen molar-refractivity contribution in [1.29, 1.82) is 0 Å². The molecule has 37 heavy (non-hydrogen) atoms. The van der Waals surface area contributed by atoms with Crippen LogP contribution in [0.3, 0.4) is 0 Å². The summed E-state index contributed by atoms with van der Waals surface area (Å²) in [5, 5.41) is 0. The van der Waals surface area contributed by atoms with Gasteiger partial charge in [-0.15, -0.1) is 0 Å². The van der Waals surface area contributed by atoms with Crippen molar-refractivity contribution in [3.05, 3.63) is 108 Å². The lowest BCUT2D eigenvalue weighted by molar-refractivity contribution is 0.0526. The Morgan fingerprint density at radius 3 is 2.62 bits per heavy atom. The zero-order chi connectivity index (χ0) is 25.6. The van der Waals surface area contributed by atoms with E-state index < -0.39 is 0 Å². The summed E-state index contributed by atoms with van der Waals surface area (Å²) in [6.07, 6.45) is 9.78. The van der Waals surface area contributed by atoms with Gasteiger partial charge in [0.2, 0.25) is 0 Å². The molecule has 0 atom stereocenters. The van der Waals surface area contributed by atoms with Crippen LogP contribution in [-0.2, 0) is 11.2 Å². The predicted octanol–water partition coefficient (Wildman–Crippen LogP) is 6.39. The van der Waals surface area contributed by atoms with Crippen molar-refractivity contribution in [3.8, 4) is 22.4 Å². The summed E-state index contributed by atoms with van der Waals surface area (Å²) in [7, 11) is 0. The first-order valence-electron chi connectivity index (χ1n) is 12.7. The zero-order valence-corrected chi connectivity index (χ0v) is 20.9. The lowest BCUT2D eigenvalue weighted by atomic mass is 9.92. The Morgan fingerprint density at radius 1 is 1.08 bits per heavy atom. The highest BCUT2D eigenvalue weighted by Gasteiger charge is 2.21.